The highest BCUT2D eigenvalue weighted by Crippen LogP contribution is 2.21. The van der Waals surface area contributed by atoms with Gasteiger partial charge in [-0.15, -0.1) is 11.3 Å². The fourth-order valence-electron chi connectivity index (χ4n) is 1.16. The van der Waals surface area contributed by atoms with Crippen molar-refractivity contribution in [3.8, 4) is 0 Å². The molecule has 1 heterocycles. The second-order valence-corrected chi connectivity index (χ2v) is 5.60. The first-order valence-electron chi connectivity index (χ1n) is 4.72. The van der Waals surface area contributed by atoms with Gasteiger partial charge in [-0.1, -0.05) is 6.92 Å². The lowest BCUT2D eigenvalue weighted by Gasteiger charge is -2.14. The van der Waals surface area contributed by atoms with E-state index < -0.39 is 0 Å². The Kier molecular flexibility index (Phi) is 5.28. The fraction of sp³-hybridized carbons (Fsp3) is 0.500. The number of carbonyl (C=O) groups is 1. The Bertz CT molecular complexity index is 327. The summed E-state index contributed by atoms with van der Waals surface area (Å²) in [5.41, 5.74) is 0. The molecular formula is C10H14BrNO2S. The maximum atomic E-state index is 11.7. The van der Waals surface area contributed by atoms with Gasteiger partial charge in [0.25, 0.3) is 5.91 Å². The lowest BCUT2D eigenvalue weighted by Crippen LogP contribution is -2.37. The molecule has 0 fully saturated rings. The Hall–Kier alpha value is -0.390. The first-order chi connectivity index (χ1) is 7.17. The summed E-state index contributed by atoms with van der Waals surface area (Å²) in [7, 11) is 1.64. The number of halogens is 1. The number of nitrogens with one attached hydrogen (secondary N) is 1. The summed E-state index contributed by atoms with van der Waals surface area (Å²) < 4.78 is 5.98. The van der Waals surface area contributed by atoms with E-state index >= 15 is 0 Å². The predicted octanol–water partition coefficient (Wildman–Crippen LogP) is 2.67. The quantitative estimate of drug-likeness (QED) is 0.906. The van der Waals surface area contributed by atoms with E-state index in [9.17, 15) is 4.79 Å². The van der Waals surface area contributed by atoms with E-state index in [1.54, 1.807) is 7.11 Å². The summed E-state index contributed by atoms with van der Waals surface area (Å²) in [6, 6.07) is 3.77. The molecule has 0 saturated heterocycles. The van der Waals surface area contributed by atoms with Gasteiger partial charge in [0.2, 0.25) is 0 Å². The molecule has 0 spiro atoms. The summed E-state index contributed by atoms with van der Waals surface area (Å²) in [5.74, 6) is -0.0328. The van der Waals surface area contributed by atoms with Crippen LogP contribution in [0.3, 0.4) is 0 Å². The fourth-order valence-corrected chi connectivity index (χ4v) is 2.44. The van der Waals surface area contributed by atoms with E-state index in [1.165, 1.54) is 11.3 Å². The van der Waals surface area contributed by atoms with Crippen molar-refractivity contribution in [3.05, 3.63) is 20.8 Å². The van der Waals surface area contributed by atoms with E-state index in [1.807, 2.05) is 19.1 Å². The van der Waals surface area contributed by atoms with Crippen molar-refractivity contribution in [2.45, 2.75) is 19.4 Å². The highest BCUT2D eigenvalue weighted by atomic mass is 79.9. The Morgan fingerprint density at radius 2 is 2.40 bits per heavy atom. The monoisotopic (exact) mass is 291 g/mol. The summed E-state index contributed by atoms with van der Waals surface area (Å²) in [6.45, 7) is 2.57. The molecule has 3 nitrogen and oxygen atoms in total. The van der Waals surface area contributed by atoms with Crippen LogP contribution < -0.4 is 5.32 Å². The van der Waals surface area contributed by atoms with E-state index in [0.717, 1.165) is 15.1 Å². The zero-order valence-electron chi connectivity index (χ0n) is 8.75. The molecular weight excluding hydrogens is 278 g/mol. The molecule has 0 aromatic carbocycles. The summed E-state index contributed by atoms with van der Waals surface area (Å²) >= 11 is 4.76. The summed E-state index contributed by atoms with van der Waals surface area (Å²) in [4.78, 5) is 12.4. The van der Waals surface area contributed by atoms with Gasteiger partial charge in [0.05, 0.1) is 21.3 Å². The molecule has 1 amide bonds. The van der Waals surface area contributed by atoms with Crippen molar-refractivity contribution in [2.24, 2.45) is 0 Å². The van der Waals surface area contributed by atoms with E-state index in [2.05, 4.69) is 21.2 Å². The molecule has 1 rings (SSSR count). The van der Waals surface area contributed by atoms with Crippen molar-refractivity contribution in [2.75, 3.05) is 13.7 Å². The largest absolute Gasteiger partial charge is 0.383 e. The van der Waals surface area contributed by atoms with E-state index in [0.29, 0.717) is 6.61 Å². The zero-order chi connectivity index (χ0) is 11.3. The van der Waals surface area contributed by atoms with Crippen LogP contribution in [0.1, 0.15) is 23.0 Å². The molecule has 0 saturated carbocycles. The van der Waals surface area contributed by atoms with Gasteiger partial charge in [0, 0.05) is 7.11 Å². The second-order valence-electron chi connectivity index (χ2n) is 3.14. The Balaban J connectivity index is 2.54. The average molecular weight is 292 g/mol. The van der Waals surface area contributed by atoms with E-state index in [4.69, 9.17) is 4.74 Å². The van der Waals surface area contributed by atoms with Crippen molar-refractivity contribution in [3.63, 3.8) is 0 Å². The molecule has 0 bridgehead atoms. The van der Waals surface area contributed by atoms with Crippen LogP contribution >= 0.6 is 27.3 Å². The van der Waals surface area contributed by atoms with Crippen LogP contribution in [0.15, 0.2) is 15.9 Å². The molecule has 0 radical (unpaired) electrons. The third-order valence-electron chi connectivity index (χ3n) is 1.99. The maximum Gasteiger partial charge on any atom is 0.261 e. The molecule has 84 valence electrons. The minimum atomic E-state index is -0.0328. The maximum absolute atomic E-state index is 11.7. The molecule has 5 heteroatoms. The topological polar surface area (TPSA) is 38.3 Å². The number of hydrogen-bond acceptors (Lipinski definition) is 3. The van der Waals surface area contributed by atoms with Crippen LogP contribution in [-0.2, 0) is 4.74 Å². The molecule has 1 atom stereocenters. The minimum absolute atomic E-state index is 0.0328. The molecule has 15 heavy (non-hydrogen) atoms. The Morgan fingerprint density at radius 3 is 2.87 bits per heavy atom. The number of ether oxygens (including phenoxy) is 1. The van der Waals surface area contributed by atoms with Gasteiger partial charge in [-0.25, -0.2) is 0 Å². The number of hydrogen-bond donors (Lipinski definition) is 1. The molecule has 0 aliphatic rings. The van der Waals surface area contributed by atoms with Gasteiger partial charge >= 0.3 is 0 Å². The highest BCUT2D eigenvalue weighted by Gasteiger charge is 2.13. The van der Waals surface area contributed by atoms with E-state index in [-0.39, 0.29) is 11.9 Å². The van der Waals surface area contributed by atoms with Gasteiger partial charge in [0.15, 0.2) is 0 Å². The average Bonchev–Trinajstić information content (AvgIpc) is 2.64. The zero-order valence-corrected chi connectivity index (χ0v) is 11.2. The van der Waals surface area contributed by atoms with Crippen molar-refractivity contribution in [1.82, 2.24) is 5.32 Å². The first kappa shape index (κ1) is 12.7. The smallest absolute Gasteiger partial charge is 0.261 e. The SMILES string of the molecule is CCC(COC)NC(=O)c1ccc(Br)s1. The van der Waals surface area contributed by atoms with Crippen LogP contribution in [0, 0.1) is 0 Å². The molecule has 0 aliphatic carbocycles. The third kappa shape index (κ3) is 3.93. The number of thiophene rings is 1. The van der Waals surface area contributed by atoms with Crippen LogP contribution in [-0.4, -0.2) is 25.7 Å². The third-order valence-corrected chi connectivity index (χ3v) is 3.62. The molecule has 1 aromatic rings. The molecule has 1 N–H and O–H groups in total. The van der Waals surface area contributed by atoms with Crippen molar-refractivity contribution in [1.29, 1.82) is 0 Å². The lowest BCUT2D eigenvalue weighted by molar-refractivity contribution is 0.0898. The number of methoxy groups -OCH3 is 1. The standard InChI is InChI=1S/C10H14BrNO2S/c1-3-7(6-14-2)12-10(13)8-4-5-9(11)15-8/h4-5,7H,3,6H2,1-2H3,(H,12,13). The van der Waals surface area contributed by atoms with Gasteiger partial charge in [-0.2, -0.15) is 0 Å². The Morgan fingerprint density at radius 1 is 1.67 bits per heavy atom. The van der Waals surface area contributed by atoms with Crippen molar-refractivity contribution < 1.29 is 9.53 Å². The van der Waals surface area contributed by atoms with Gasteiger partial charge in [-0.05, 0) is 34.5 Å². The molecule has 1 unspecified atom stereocenters. The predicted molar refractivity (Wildman–Crippen MR) is 65.4 cm³/mol. The van der Waals surface area contributed by atoms with Crippen LogP contribution in [0.4, 0.5) is 0 Å². The van der Waals surface area contributed by atoms with Gasteiger partial charge < -0.3 is 10.1 Å². The molecule has 1 aromatic heterocycles. The second kappa shape index (κ2) is 6.25. The van der Waals surface area contributed by atoms with Crippen LogP contribution in [0.2, 0.25) is 0 Å². The van der Waals surface area contributed by atoms with Crippen LogP contribution in [0.25, 0.3) is 0 Å². The normalized spacial score (nSPS) is 12.5. The summed E-state index contributed by atoms with van der Waals surface area (Å²) in [5, 5.41) is 2.92. The first-order valence-corrected chi connectivity index (χ1v) is 6.33. The van der Waals surface area contributed by atoms with Crippen LogP contribution in [0.5, 0.6) is 0 Å². The number of amides is 1. The van der Waals surface area contributed by atoms with Gasteiger partial charge in [-0.3, -0.25) is 4.79 Å². The number of rotatable bonds is 5. The van der Waals surface area contributed by atoms with Crippen molar-refractivity contribution >= 4 is 33.2 Å². The number of carbonyl (C=O) groups excluding carboxylic acids is 1. The van der Waals surface area contributed by atoms with Gasteiger partial charge in [0.1, 0.15) is 0 Å². The molecule has 0 aliphatic heterocycles. The summed E-state index contributed by atoms with van der Waals surface area (Å²) in [6.07, 6.45) is 0.867. The highest BCUT2D eigenvalue weighted by molar-refractivity contribution is 9.11. The Labute approximate surface area is 102 Å². The minimum Gasteiger partial charge on any atom is -0.383 e. The lowest BCUT2D eigenvalue weighted by atomic mass is 10.2.